The maximum atomic E-state index is 10.7. The van der Waals surface area contributed by atoms with Crippen LogP contribution in [0.4, 0.5) is 0 Å². The van der Waals surface area contributed by atoms with E-state index >= 15 is 0 Å². The van der Waals surface area contributed by atoms with Crippen LogP contribution in [0, 0.1) is 0 Å². The third-order valence-corrected chi connectivity index (χ3v) is 5.45. The Bertz CT molecular complexity index is 957. The van der Waals surface area contributed by atoms with Crippen molar-refractivity contribution < 1.29 is 19.0 Å². The molecule has 0 radical (unpaired) electrons. The van der Waals surface area contributed by atoms with Gasteiger partial charge in [0.15, 0.2) is 23.0 Å². The molecule has 3 aromatic rings. The molecule has 1 N–H and O–H groups in total. The van der Waals surface area contributed by atoms with Gasteiger partial charge in [-0.3, -0.25) is 4.90 Å². The molecule has 0 aliphatic carbocycles. The van der Waals surface area contributed by atoms with Crippen molar-refractivity contribution in [2.24, 2.45) is 0 Å². The van der Waals surface area contributed by atoms with Crippen LogP contribution in [0.5, 0.6) is 17.2 Å². The first-order chi connectivity index (χ1) is 13.7. The Morgan fingerprint density at radius 3 is 2.43 bits per heavy atom. The topological polar surface area (TPSA) is 55.1 Å². The molecule has 0 saturated carbocycles. The largest absolute Gasteiger partial charge is 0.504 e. The first-order valence-electron chi connectivity index (χ1n) is 9.84. The third-order valence-electron chi connectivity index (χ3n) is 5.45. The molecule has 4 rings (SSSR count). The van der Waals surface area contributed by atoms with Gasteiger partial charge in [0.2, 0.25) is 0 Å². The van der Waals surface area contributed by atoms with Gasteiger partial charge in [0.05, 0.1) is 19.6 Å². The van der Waals surface area contributed by atoms with Crippen molar-refractivity contribution in [1.29, 1.82) is 0 Å². The minimum Gasteiger partial charge on any atom is -0.504 e. The van der Waals surface area contributed by atoms with Gasteiger partial charge in [-0.15, -0.1) is 0 Å². The normalized spacial score (nSPS) is 15.1. The Labute approximate surface area is 165 Å². The number of fused-ring (bicyclic) bond motifs is 1. The minimum atomic E-state index is 0.164. The van der Waals surface area contributed by atoms with Crippen LogP contribution in [0.3, 0.4) is 0 Å². The summed E-state index contributed by atoms with van der Waals surface area (Å²) < 4.78 is 16.6. The van der Waals surface area contributed by atoms with Crippen molar-refractivity contribution in [2.45, 2.75) is 32.2 Å². The number of nitrogens with zero attached hydrogens (tertiary/aromatic N) is 1. The second-order valence-electron chi connectivity index (χ2n) is 7.41. The standard InChI is InChI=1S/C23H27NO4/c1-26-20-13-18-19(14-21(20)27-2)28-22(23(18)25)12-16-7-6-8-17(11-16)15-24-9-4-3-5-10-24/h6-8,11,13-14,25H,3-5,9-10,12,15H2,1-2H3. The van der Waals surface area contributed by atoms with Crippen LogP contribution in [0.2, 0.25) is 0 Å². The molecule has 0 amide bonds. The molecule has 0 unspecified atom stereocenters. The summed E-state index contributed by atoms with van der Waals surface area (Å²) in [6, 6.07) is 12.1. The Hall–Kier alpha value is -2.66. The molecule has 0 atom stereocenters. The van der Waals surface area contributed by atoms with Gasteiger partial charge in [0.1, 0.15) is 5.58 Å². The molecule has 0 bridgehead atoms. The predicted octanol–water partition coefficient (Wildman–Crippen LogP) is 4.73. The van der Waals surface area contributed by atoms with E-state index in [0.717, 1.165) is 12.1 Å². The Kier molecular flexibility index (Phi) is 5.44. The summed E-state index contributed by atoms with van der Waals surface area (Å²) in [6.45, 7) is 3.34. The van der Waals surface area contributed by atoms with E-state index < -0.39 is 0 Å². The fraction of sp³-hybridized carbons (Fsp3) is 0.391. The number of likely N-dealkylation sites (tertiary alicyclic amines) is 1. The number of hydrogen-bond donors (Lipinski definition) is 1. The molecule has 5 heteroatoms. The number of aromatic hydroxyl groups is 1. The molecular weight excluding hydrogens is 354 g/mol. The lowest BCUT2D eigenvalue weighted by atomic mass is 10.0. The molecule has 1 aromatic heterocycles. The minimum absolute atomic E-state index is 0.164. The first-order valence-corrected chi connectivity index (χ1v) is 9.84. The maximum Gasteiger partial charge on any atom is 0.165 e. The summed E-state index contributed by atoms with van der Waals surface area (Å²) in [4.78, 5) is 2.51. The summed E-state index contributed by atoms with van der Waals surface area (Å²) in [5.74, 6) is 1.87. The molecule has 28 heavy (non-hydrogen) atoms. The molecule has 1 fully saturated rings. The number of piperidine rings is 1. The smallest absolute Gasteiger partial charge is 0.165 e. The zero-order valence-corrected chi connectivity index (χ0v) is 16.5. The molecule has 1 aliphatic rings. The van der Waals surface area contributed by atoms with Gasteiger partial charge in [0.25, 0.3) is 0 Å². The molecule has 2 aromatic carbocycles. The highest BCUT2D eigenvalue weighted by atomic mass is 16.5. The first kappa shape index (κ1) is 18.7. The Morgan fingerprint density at radius 1 is 0.964 bits per heavy atom. The lowest BCUT2D eigenvalue weighted by Crippen LogP contribution is -2.29. The van der Waals surface area contributed by atoms with E-state index in [9.17, 15) is 5.11 Å². The van der Waals surface area contributed by atoms with E-state index in [0.29, 0.717) is 34.6 Å². The highest BCUT2D eigenvalue weighted by molar-refractivity contribution is 5.88. The highest BCUT2D eigenvalue weighted by Crippen LogP contribution is 2.40. The fourth-order valence-electron chi connectivity index (χ4n) is 3.98. The Balaban J connectivity index is 1.57. The average Bonchev–Trinajstić information content (AvgIpc) is 3.02. The van der Waals surface area contributed by atoms with Crippen molar-refractivity contribution >= 4 is 11.0 Å². The lowest BCUT2D eigenvalue weighted by Gasteiger charge is -2.26. The maximum absolute atomic E-state index is 10.7. The van der Waals surface area contributed by atoms with Crippen LogP contribution in [0.15, 0.2) is 40.8 Å². The number of ether oxygens (including phenoxy) is 2. The highest BCUT2D eigenvalue weighted by Gasteiger charge is 2.18. The van der Waals surface area contributed by atoms with Crippen LogP contribution in [-0.4, -0.2) is 37.3 Å². The van der Waals surface area contributed by atoms with Gasteiger partial charge in [-0.05, 0) is 43.1 Å². The number of hydrogen-bond acceptors (Lipinski definition) is 5. The van der Waals surface area contributed by atoms with Crippen LogP contribution in [0.25, 0.3) is 11.0 Å². The average molecular weight is 381 g/mol. The Morgan fingerprint density at radius 2 is 1.68 bits per heavy atom. The lowest BCUT2D eigenvalue weighted by molar-refractivity contribution is 0.221. The van der Waals surface area contributed by atoms with E-state index in [1.807, 2.05) is 0 Å². The molecule has 0 spiro atoms. The molecule has 1 saturated heterocycles. The number of rotatable bonds is 6. The number of benzene rings is 2. The summed E-state index contributed by atoms with van der Waals surface area (Å²) in [6.07, 6.45) is 4.47. The quantitative estimate of drug-likeness (QED) is 0.669. The van der Waals surface area contributed by atoms with E-state index in [1.54, 1.807) is 26.4 Å². The van der Waals surface area contributed by atoms with Crippen molar-refractivity contribution in [2.75, 3.05) is 27.3 Å². The summed E-state index contributed by atoms with van der Waals surface area (Å²) in [5, 5.41) is 11.3. The predicted molar refractivity (Wildman–Crippen MR) is 109 cm³/mol. The summed E-state index contributed by atoms with van der Waals surface area (Å²) in [5.41, 5.74) is 3.02. The molecular formula is C23H27NO4. The van der Waals surface area contributed by atoms with Gasteiger partial charge >= 0.3 is 0 Å². The van der Waals surface area contributed by atoms with Gasteiger partial charge < -0.3 is 19.0 Å². The monoisotopic (exact) mass is 381 g/mol. The molecule has 2 heterocycles. The summed E-state index contributed by atoms with van der Waals surface area (Å²) >= 11 is 0. The van der Waals surface area contributed by atoms with Gasteiger partial charge in [0, 0.05) is 19.0 Å². The second kappa shape index (κ2) is 8.15. The van der Waals surface area contributed by atoms with Gasteiger partial charge in [-0.1, -0.05) is 30.7 Å². The van der Waals surface area contributed by atoms with E-state index in [-0.39, 0.29) is 5.75 Å². The SMILES string of the molecule is COc1cc2oc(Cc3cccc(CN4CCCCC4)c3)c(O)c2cc1OC. The van der Waals surface area contributed by atoms with Crippen LogP contribution in [-0.2, 0) is 13.0 Å². The fourth-order valence-corrected chi connectivity index (χ4v) is 3.98. The van der Waals surface area contributed by atoms with Crippen molar-refractivity contribution in [3.05, 3.63) is 53.3 Å². The van der Waals surface area contributed by atoms with Crippen molar-refractivity contribution in [1.82, 2.24) is 4.90 Å². The number of methoxy groups -OCH3 is 2. The van der Waals surface area contributed by atoms with Crippen LogP contribution < -0.4 is 9.47 Å². The zero-order valence-electron chi connectivity index (χ0n) is 16.5. The molecule has 1 aliphatic heterocycles. The van der Waals surface area contributed by atoms with Gasteiger partial charge in [-0.2, -0.15) is 0 Å². The molecule has 5 nitrogen and oxygen atoms in total. The van der Waals surface area contributed by atoms with Gasteiger partial charge in [-0.25, -0.2) is 0 Å². The molecule has 148 valence electrons. The van der Waals surface area contributed by atoms with Crippen molar-refractivity contribution in [3.8, 4) is 17.2 Å². The second-order valence-corrected chi connectivity index (χ2v) is 7.41. The number of furan rings is 1. The van der Waals surface area contributed by atoms with E-state index in [2.05, 4.69) is 29.2 Å². The van der Waals surface area contributed by atoms with Crippen LogP contribution in [0.1, 0.15) is 36.1 Å². The van der Waals surface area contributed by atoms with Crippen molar-refractivity contribution in [3.63, 3.8) is 0 Å². The third kappa shape index (κ3) is 3.80. The zero-order chi connectivity index (χ0) is 19.5. The van der Waals surface area contributed by atoms with E-state index in [1.165, 1.54) is 37.9 Å². The summed E-state index contributed by atoms with van der Waals surface area (Å²) in [7, 11) is 3.16. The van der Waals surface area contributed by atoms with Crippen LogP contribution >= 0.6 is 0 Å². The van der Waals surface area contributed by atoms with E-state index in [4.69, 9.17) is 13.9 Å².